The van der Waals surface area contributed by atoms with Gasteiger partial charge in [0.1, 0.15) is 18.0 Å². The highest BCUT2D eigenvalue weighted by atomic mass is 127. The zero-order valence-corrected chi connectivity index (χ0v) is 25.7. The van der Waals surface area contributed by atoms with Crippen molar-refractivity contribution >= 4 is 17.5 Å². The fourth-order valence-corrected chi connectivity index (χ4v) is 4.29. The first-order chi connectivity index (χ1) is 17.6. The number of unbranched alkanes of at least 4 members (excludes halogenated alkanes) is 9. The lowest BCUT2D eigenvalue weighted by molar-refractivity contribution is -0.697. The van der Waals surface area contributed by atoms with E-state index >= 15 is 0 Å². The van der Waals surface area contributed by atoms with Gasteiger partial charge in [-0.25, -0.2) is 4.57 Å². The zero-order valence-electron chi connectivity index (χ0n) is 22.8. The van der Waals surface area contributed by atoms with E-state index in [1.165, 1.54) is 63.4 Å². The summed E-state index contributed by atoms with van der Waals surface area (Å²) in [7, 11) is 0. The van der Waals surface area contributed by atoms with E-state index in [0.29, 0.717) is 29.7 Å². The molecule has 1 heterocycles. The molecular formula is C30H46ClIN2O3. The molecule has 37 heavy (non-hydrogen) atoms. The van der Waals surface area contributed by atoms with Gasteiger partial charge in [0.2, 0.25) is 0 Å². The second-order valence-electron chi connectivity index (χ2n) is 9.46. The minimum absolute atomic E-state index is 0. The topological polar surface area (TPSA) is 51.4 Å². The van der Waals surface area contributed by atoms with Crippen LogP contribution in [0.3, 0.4) is 0 Å². The number of aromatic nitrogens is 1. The average molecular weight is 645 g/mol. The van der Waals surface area contributed by atoms with Gasteiger partial charge in [0.05, 0.1) is 11.6 Å². The monoisotopic (exact) mass is 644 g/mol. The Hall–Kier alpha value is -1.54. The smallest absolute Gasteiger partial charge is 0.257 e. The third-order valence-electron chi connectivity index (χ3n) is 6.21. The third-order valence-corrected chi connectivity index (χ3v) is 6.50. The van der Waals surface area contributed by atoms with Crippen molar-refractivity contribution in [2.75, 3.05) is 19.8 Å². The molecule has 0 aliphatic rings. The number of hydrogen-bond donors (Lipinski definition) is 1. The second-order valence-corrected chi connectivity index (χ2v) is 9.86. The largest absolute Gasteiger partial charge is 1.00 e. The van der Waals surface area contributed by atoms with Gasteiger partial charge < -0.3 is 38.8 Å². The molecule has 0 unspecified atom stereocenters. The van der Waals surface area contributed by atoms with Crippen molar-refractivity contribution in [3.63, 3.8) is 0 Å². The number of carbonyl (C=O) groups excluding carboxylic acids is 1. The first-order valence-electron chi connectivity index (χ1n) is 13.9. The SMILES string of the molecule is CCCCCCCCCCCCOc1ccc(OCC(=O)NCCc2cc[n+](CCC)cc2)cc1Cl.[I-]. The van der Waals surface area contributed by atoms with Crippen LogP contribution in [0.4, 0.5) is 0 Å². The summed E-state index contributed by atoms with van der Waals surface area (Å²) in [5.41, 5.74) is 1.20. The van der Waals surface area contributed by atoms with Crippen LogP contribution in [-0.2, 0) is 17.8 Å². The zero-order chi connectivity index (χ0) is 25.8. The van der Waals surface area contributed by atoms with Gasteiger partial charge in [0, 0.05) is 31.2 Å². The number of rotatable bonds is 20. The summed E-state index contributed by atoms with van der Waals surface area (Å²) in [6.07, 6.45) is 19.0. The highest BCUT2D eigenvalue weighted by molar-refractivity contribution is 6.32. The number of ether oxygens (including phenoxy) is 2. The number of amides is 1. The van der Waals surface area contributed by atoms with Crippen LogP contribution in [0.2, 0.25) is 5.02 Å². The molecule has 1 N–H and O–H groups in total. The van der Waals surface area contributed by atoms with Crippen LogP contribution in [0.1, 0.15) is 90.0 Å². The average Bonchev–Trinajstić information content (AvgIpc) is 2.88. The van der Waals surface area contributed by atoms with Crippen molar-refractivity contribution in [1.82, 2.24) is 5.32 Å². The molecule has 0 aliphatic heterocycles. The second kappa shape index (κ2) is 21.4. The number of aryl methyl sites for hydroxylation is 1. The number of nitrogens with one attached hydrogen (secondary N) is 1. The van der Waals surface area contributed by atoms with Crippen LogP contribution in [0.25, 0.3) is 0 Å². The fraction of sp³-hybridized carbons (Fsp3) is 0.600. The lowest BCUT2D eigenvalue weighted by atomic mass is 10.1. The molecule has 5 nitrogen and oxygen atoms in total. The van der Waals surface area contributed by atoms with Gasteiger partial charge in [-0.3, -0.25) is 4.79 Å². The van der Waals surface area contributed by atoms with Crippen molar-refractivity contribution in [3.8, 4) is 11.5 Å². The Labute approximate surface area is 246 Å². The number of pyridine rings is 1. The maximum absolute atomic E-state index is 12.1. The highest BCUT2D eigenvalue weighted by Gasteiger charge is 2.07. The van der Waals surface area contributed by atoms with E-state index in [-0.39, 0.29) is 36.5 Å². The molecule has 0 atom stereocenters. The van der Waals surface area contributed by atoms with Crippen molar-refractivity contribution in [3.05, 3.63) is 53.3 Å². The lowest BCUT2D eigenvalue weighted by Crippen LogP contribution is -3.00. The molecule has 0 saturated heterocycles. The molecule has 1 aromatic carbocycles. The van der Waals surface area contributed by atoms with Crippen LogP contribution >= 0.6 is 11.6 Å². The van der Waals surface area contributed by atoms with E-state index in [2.05, 4.69) is 48.3 Å². The van der Waals surface area contributed by atoms with Crippen LogP contribution in [0, 0.1) is 0 Å². The molecule has 1 amide bonds. The van der Waals surface area contributed by atoms with Gasteiger partial charge in [0.15, 0.2) is 19.0 Å². The van der Waals surface area contributed by atoms with E-state index in [4.69, 9.17) is 21.1 Å². The molecule has 0 saturated carbocycles. The van der Waals surface area contributed by atoms with Gasteiger partial charge in [-0.1, -0.05) is 83.2 Å². The molecule has 1 aromatic heterocycles. The summed E-state index contributed by atoms with van der Waals surface area (Å²) in [5.74, 6) is 1.07. The summed E-state index contributed by atoms with van der Waals surface area (Å²) in [4.78, 5) is 12.1. The minimum Gasteiger partial charge on any atom is -1.00 e. The number of halogens is 2. The molecule has 7 heteroatoms. The number of hydrogen-bond acceptors (Lipinski definition) is 3. The van der Waals surface area contributed by atoms with Crippen LogP contribution < -0.4 is 43.3 Å². The van der Waals surface area contributed by atoms with Crippen molar-refractivity contribution < 1.29 is 42.8 Å². The predicted octanol–water partition coefficient (Wildman–Crippen LogP) is 4.08. The van der Waals surface area contributed by atoms with Gasteiger partial charge >= 0.3 is 0 Å². The van der Waals surface area contributed by atoms with Crippen molar-refractivity contribution in [2.45, 2.75) is 97.4 Å². The van der Waals surface area contributed by atoms with E-state index in [9.17, 15) is 4.79 Å². The standard InChI is InChI=1S/C30H45ClN2O3.HI/c1-3-5-6-7-8-9-10-11-12-13-23-35-29-15-14-27(24-28(29)31)36-25-30(34)32-19-16-26-17-21-33(20-4-2)22-18-26;/h14-15,17-18,21-22,24H,3-13,16,19-20,23,25H2,1-2H3;1H. The van der Waals surface area contributed by atoms with Crippen LogP contribution in [0.15, 0.2) is 42.7 Å². The van der Waals surface area contributed by atoms with E-state index < -0.39 is 0 Å². The van der Waals surface area contributed by atoms with Gasteiger partial charge in [-0.2, -0.15) is 0 Å². The van der Waals surface area contributed by atoms with Crippen LogP contribution in [-0.4, -0.2) is 25.7 Å². The molecule has 0 radical (unpaired) electrons. The van der Waals surface area contributed by atoms with Crippen molar-refractivity contribution in [1.29, 1.82) is 0 Å². The fourth-order valence-electron chi connectivity index (χ4n) is 4.07. The molecule has 0 aliphatic carbocycles. The van der Waals surface area contributed by atoms with Gasteiger partial charge in [-0.05, 0) is 30.5 Å². The Morgan fingerprint density at radius 3 is 2.14 bits per heavy atom. The highest BCUT2D eigenvalue weighted by Crippen LogP contribution is 2.29. The third kappa shape index (κ3) is 15.5. The van der Waals surface area contributed by atoms with Gasteiger partial charge in [-0.15, -0.1) is 0 Å². The quantitative estimate of drug-likeness (QED) is 0.134. The van der Waals surface area contributed by atoms with Gasteiger partial charge in [0.25, 0.3) is 5.91 Å². The minimum atomic E-state index is -0.149. The molecule has 0 spiro atoms. The Balaban J connectivity index is 0.00000684. The number of benzene rings is 1. The summed E-state index contributed by atoms with van der Waals surface area (Å²) in [6.45, 7) is 6.64. The molecule has 0 fully saturated rings. The maximum atomic E-state index is 12.1. The Kier molecular flexibility index (Phi) is 19.4. The summed E-state index contributed by atoms with van der Waals surface area (Å²) < 4.78 is 13.6. The molecule has 2 rings (SSSR count). The number of carbonyl (C=O) groups is 1. The van der Waals surface area contributed by atoms with E-state index in [1.807, 2.05) is 6.07 Å². The molecule has 0 bridgehead atoms. The normalized spacial score (nSPS) is 10.6. The molecule has 208 valence electrons. The summed E-state index contributed by atoms with van der Waals surface area (Å²) >= 11 is 6.35. The first-order valence-corrected chi connectivity index (χ1v) is 14.3. The van der Waals surface area contributed by atoms with Crippen molar-refractivity contribution in [2.24, 2.45) is 0 Å². The molecule has 2 aromatic rings. The van der Waals surface area contributed by atoms with Crippen LogP contribution in [0.5, 0.6) is 11.5 Å². The first kappa shape index (κ1) is 33.5. The molecular weight excluding hydrogens is 599 g/mol. The van der Waals surface area contributed by atoms with E-state index in [1.54, 1.807) is 12.1 Å². The maximum Gasteiger partial charge on any atom is 0.257 e. The Morgan fingerprint density at radius 1 is 0.865 bits per heavy atom. The van der Waals surface area contributed by atoms with E-state index in [0.717, 1.165) is 25.8 Å². The summed E-state index contributed by atoms with van der Waals surface area (Å²) in [6, 6.07) is 9.51. The predicted molar refractivity (Wildman–Crippen MR) is 148 cm³/mol. The Morgan fingerprint density at radius 2 is 1.51 bits per heavy atom. The summed E-state index contributed by atoms with van der Waals surface area (Å²) in [5, 5.41) is 3.41. The number of nitrogens with zero attached hydrogens (tertiary/aromatic N) is 1. The Bertz CT molecular complexity index is 864. The lowest BCUT2D eigenvalue weighted by Gasteiger charge is -2.11.